The second-order valence-corrected chi connectivity index (χ2v) is 7.82. The van der Waals surface area contributed by atoms with Gasteiger partial charge in [-0.1, -0.05) is 26.0 Å². The van der Waals surface area contributed by atoms with Gasteiger partial charge in [-0.25, -0.2) is 9.97 Å². The lowest BCUT2D eigenvalue weighted by Gasteiger charge is -2.27. The predicted octanol–water partition coefficient (Wildman–Crippen LogP) is 4.32. The number of carbonyl (C=O) groups is 1. The maximum atomic E-state index is 11.9. The van der Waals surface area contributed by atoms with Crippen molar-refractivity contribution in [3.8, 4) is 0 Å². The number of benzene rings is 1. The predicted molar refractivity (Wildman–Crippen MR) is 122 cm³/mol. The lowest BCUT2D eigenvalue weighted by atomic mass is 9.96. The van der Waals surface area contributed by atoms with Crippen LogP contribution in [-0.2, 0) is 18.3 Å². The Labute approximate surface area is 177 Å². The third-order valence-corrected chi connectivity index (χ3v) is 6.00. The maximum Gasteiger partial charge on any atom is 0.222 e. The number of anilines is 2. The molecule has 0 saturated heterocycles. The SMILES string of the molecule is CCC(=O)N1CC=C(c2ccc(N(C)c3cc4c(cn3)ncn4C)c(CC)c2)CC1. The Bertz CT molecular complexity index is 1110. The fourth-order valence-electron chi connectivity index (χ4n) is 4.10. The smallest absolute Gasteiger partial charge is 0.222 e. The minimum absolute atomic E-state index is 0.231. The Kier molecular flexibility index (Phi) is 5.57. The first kappa shape index (κ1) is 20.1. The second kappa shape index (κ2) is 8.30. The van der Waals surface area contributed by atoms with Gasteiger partial charge in [-0.05, 0) is 41.7 Å². The summed E-state index contributed by atoms with van der Waals surface area (Å²) in [5, 5.41) is 0. The fourth-order valence-corrected chi connectivity index (χ4v) is 4.10. The van der Waals surface area contributed by atoms with Crippen LogP contribution in [-0.4, -0.2) is 45.5 Å². The van der Waals surface area contributed by atoms with Gasteiger partial charge in [0.15, 0.2) is 0 Å². The number of fused-ring (bicyclic) bond motifs is 1. The molecule has 30 heavy (non-hydrogen) atoms. The van der Waals surface area contributed by atoms with Gasteiger partial charge in [-0.3, -0.25) is 4.79 Å². The van der Waals surface area contributed by atoms with Crippen LogP contribution in [0.4, 0.5) is 11.5 Å². The van der Waals surface area contributed by atoms with E-state index in [1.165, 1.54) is 16.7 Å². The molecule has 0 N–H and O–H groups in total. The molecule has 3 aromatic rings. The van der Waals surface area contributed by atoms with Gasteiger partial charge in [0.2, 0.25) is 5.91 Å². The second-order valence-electron chi connectivity index (χ2n) is 7.82. The summed E-state index contributed by atoms with van der Waals surface area (Å²) in [6.07, 6.45) is 8.26. The van der Waals surface area contributed by atoms with E-state index in [9.17, 15) is 4.79 Å². The van der Waals surface area contributed by atoms with Gasteiger partial charge < -0.3 is 14.4 Å². The fraction of sp³-hybridized carbons (Fsp3) is 0.375. The van der Waals surface area contributed by atoms with Crippen molar-refractivity contribution < 1.29 is 4.79 Å². The average Bonchev–Trinajstić information content (AvgIpc) is 3.17. The first-order valence-corrected chi connectivity index (χ1v) is 10.6. The van der Waals surface area contributed by atoms with E-state index in [1.54, 1.807) is 0 Å². The number of hydrogen-bond donors (Lipinski definition) is 0. The highest BCUT2D eigenvalue weighted by atomic mass is 16.2. The normalized spacial score (nSPS) is 14.1. The minimum atomic E-state index is 0.231. The Morgan fingerprint density at radius 3 is 2.73 bits per heavy atom. The largest absolute Gasteiger partial charge is 0.339 e. The van der Waals surface area contributed by atoms with Crippen LogP contribution < -0.4 is 4.90 Å². The standard InChI is InChI=1S/C24H29N5O/c1-5-17-13-19(18-9-11-29(12-10-18)24(30)6-2)7-8-21(17)28(4)23-14-22-20(15-25-23)26-16-27(22)3/h7-9,13-16H,5-6,10-12H2,1-4H3. The third-order valence-electron chi connectivity index (χ3n) is 6.00. The summed E-state index contributed by atoms with van der Waals surface area (Å²) < 4.78 is 2.01. The molecule has 1 aromatic carbocycles. The molecule has 156 valence electrons. The van der Waals surface area contributed by atoms with Gasteiger partial charge in [0.25, 0.3) is 0 Å². The molecule has 2 aromatic heterocycles. The Morgan fingerprint density at radius 1 is 1.20 bits per heavy atom. The highest BCUT2D eigenvalue weighted by Crippen LogP contribution is 2.32. The van der Waals surface area contributed by atoms with E-state index in [2.05, 4.69) is 59.2 Å². The molecule has 1 aliphatic heterocycles. The third kappa shape index (κ3) is 3.70. The van der Waals surface area contributed by atoms with Crippen LogP contribution in [0.25, 0.3) is 16.6 Å². The minimum Gasteiger partial charge on any atom is -0.339 e. The number of rotatable bonds is 5. The number of aromatic nitrogens is 3. The molecule has 0 atom stereocenters. The molecule has 1 aliphatic rings. The van der Waals surface area contributed by atoms with Gasteiger partial charge in [-0.15, -0.1) is 0 Å². The number of aryl methyl sites for hydroxylation is 2. The van der Waals surface area contributed by atoms with Crippen LogP contribution in [0.3, 0.4) is 0 Å². The number of pyridine rings is 1. The van der Waals surface area contributed by atoms with Gasteiger partial charge >= 0.3 is 0 Å². The molecule has 4 rings (SSSR count). The van der Waals surface area contributed by atoms with Gasteiger partial charge in [0, 0.05) is 45.4 Å². The molecule has 0 bridgehead atoms. The molecule has 1 amide bonds. The van der Waals surface area contributed by atoms with Crippen LogP contribution in [0.2, 0.25) is 0 Å². The summed E-state index contributed by atoms with van der Waals surface area (Å²) in [6.45, 7) is 5.62. The van der Waals surface area contributed by atoms with E-state index in [1.807, 2.05) is 36.0 Å². The summed E-state index contributed by atoms with van der Waals surface area (Å²) in [7, 11) is 4.06. The number of amides is 1. The van der Waals surface area contributed by atoms with E-state index in [-0.39, 0.29) is 5.91 Å². The van der Waals surface area contributed by atoms with Gasteiger partial charge in [0.05, 0.1) is 18.0 Å². The van der Waals surface area contributed by atoms with Crippen molar-refractivity contribution in [2.24, 2.45) is 7.05 Å². The van der Waals surface area contributed by atoms with Gasteiger partial charge in [0.1, 0.15) is 11.3 Å². The van der Waals surface area contributed by atoms with E-state index in [4.69, 9.17) is 0 Å². The summed E-state index contributed by atoms with van der Waals surface area (Å²) in [4.78, 5) is 25.0. The summed E-state index contributed by atoms with van der Waals surface area (Å²) >= 11 is 0. The Balaban J connectivity index is 1.61. The van der Waals surface area contributed by atoms with E-state index in [0.717, 1.165) is 41.9 Å². The van der Waals surface area contributed by atoms with Crippen molar-refractivity contribution in [1.29, 1.82) is 0 Å². The van der Waals surface area contributed by atoms with Crippen molar-refractivity contribution in [2.45, 2.75) is 33.1 Å². The zero-order valence-corrected chi connectivity index (χ0v) is 18.2. The van der Waals surface area contributed by atoms with Gasteiger partial charge in [-0.2, -0.15) is 0 Å². The monoisotopic (exact) mass is 403 g/mol. The molecule has 0 spiro atoms. The van der Waals surface area contributed by atoms with Crippen LogP contribution in [0, 0.1) is 0 Å². The number of nitrogens with zero attached hydrogens (tertiary/aromatic N) is 5. The molecule has 0 unspecified atom stereocenters. The number of imidazole rings is 1. The lowest BCUT2D eigenvalue weighted by Crippen LogP contribution is -2.34. The molecule has 0 fully saturated rings. The first-order chi connectivity index (χ1) is 14.5. The average molecular weight is 404 g/mol. The highest BCUT2D eigenvalue weighted by Gasteiger charge is 2.18. The highest BCUT2D eigenvalue weighted by molar-refractivity contribution is 5.80. The van der Waals surface area contributed by atoms with E-state index >= 15 is 0 Å². The zero-order chi connectivity index (χ0) is 21.3. The molecular weight excluding hydrogens is 374 g/mol. The molecule has 6 heteroatoms. The van der Waals surface area contributed by atoms with Crippen molar-refractivity contribution >= 4 is 34.0 Å². The van der Waals surface area contributed by atoms with Crippen LogP contribution >= 0.6 is 0 Å². The van der Waals surface area contributed by atoms with E-state index in [0.29, 0.717) is 13.0 Å². The Morgan fingerprint density at radius 2 is 2.03 bits per heavy atom. The van der Waals surface area contributed by atoms with Crippen LogP contribution in [0.5, 0.6) is 0 Å². The number of carbonyl (C=O) groups excluding carboxylic acids is 1. The topological polar surface area (TPSA) is 54.3 Å². The van der Waals surface area contributed by atoms with E-state index < -0.39 is 0 Å². The van der Waals surface area contributed by atoms with Crippen molar-refractivity contribution in [2.75, 3.05) is 25.0 Å². The summed E-state index contributed by atoms with van der Waals surface area (Å²) in [5.41, 5.74) is 7.00. The first-order valence-electron chi connectivity index (χ1n) is 10.6. The van der Waals surface area contributed by atoms with Crippen LogP contribution in [0.1, 0.15) is 37.8 Å². The molecule has 6 nitrogen and oxygen atoms in total. The van der Waals surface area contributed by atoms with Crippen LogP contribution in [0.15, 0.2) is 42.9 Å². The van der Waals surface area contributed by atoms with Crippen molar-refractivity contribution in [3.05, 3.63) is 54.0 Å². The Hall–Kier alpha value is -3.15. The maximum absolute atomic E-state index is 11.9. The van der Waals surface area contributed by atoms with Crippen molar-refractivity contribution in [3.63, 3.8) is 0 Å². The molecule has 3 heterocycles. The number of hydrogen-bond acceptors (Lipinski definition) is 4. The lowest BCUT2D eigenvalue weighted by molar-refractivity contribution is -0.130. The summed E-state index contributed by atoms with van der Waals surface area (Å²) in [5.74, 6) is 1.13. The quantitative estimate of drug-likeness (QED) is 0.636. The molecule has 0 radical (unpaired) electrons. The molecule has 0 saturated carbocycles. The summed E-state index contributed by atoms with van der Waals surface area (Å²) in [6, 6.07) is 8.75. The zero-order valence-electron chi connectivity index (χ0n) is 18.2. The molecule has 0 aliphatic carbocycles. The molecular formula is C24H29N5O. The van der Waals surface area contributed by atoms with Crippen molar-refractivity contribution in [1.82, 2.24) is 19.4 Å².